The monoisotopic (exact) mass is 437 g/mol. The first-order chi connectivity index (χ1) is 15.7. The third-order valence-electron chi connectivity index (χ3n) is 6.65. The molecule has 0 spiro atoms. The van der Waals surface area contributed by atoms with E-state index in [0.29, 0.717) is 30.1 Å². The van der Waals surface area contributed by atoms with Crippen molar-refractivity contribution in [3.8, 4) is 17.1 Å². The smallest absolute Gasteiger partial charge is 0.263 e. The lowest BCUT2D eigenvalue weighted by Gasteiger charge is -2.23. The molecule has 3 heterocycles. The Morgan fingerprint density at radius 3 is 2.69 bits per heavy atom. The van der Waals surface area contributed by atoms with Gasteiger partial charge in [-0.15, -0.1) is 0 Å². The molecule has 0 aromatic carbocycles. The number of hydrogen-bond acceptors (Lipinski definition) is 8. The summed E-state index contributed by atoms with van der Waals surface area (Å²) in [6.45, 7) is 2.47. The van der Waals surface area contributed by atoms with Gasteiger partial charge in [-0.05, 0) is 56.5 Å². The quantitative estimate of drug-likeness (QED) is 0.558. The van der Waals surface area contributed by atoms with Crippen LogP contribution >= 0.6 is 0 Å². The van der Waals surface area contributed by atoms with Crippen LogP contribution in [0.3, 0.4) is 0 Å². The van der Waals surface area contributed by atoms with Crippen molar-refractivity contribution in [1.29, 1.82) is 0 Å². The van der Waals surface area contributed by atoms with Gasteiger partial charge >= 0.3 is 0 Å². The van der Waals surface area contributed by atoms with E-state index in [1.54, 1.807) is 12.4 Å². The van der Waals surface area contributed by atoms with E-state index in [2.05, 4.69) is 25.5 Å². The predicted molar refractivity (Wildman–Crippen MR) is 119 cm³/mol. The Kier molecular flexibility index (Phi) is 6.05. The third kappa shape index (κ3) is 4.61. The number of nitrogens with one attached hydrogen (secondary N) is 1. The topological polar surface area (TPSA) is 104 Å². The fraction of sp³-hybridized carbons (Fsp3) is 0.609. The van der Waals surface area contributed by atoms with Crippen molar-refractivity contribution in [2.75, 3.05) is 5.32 Å². The van der Waals surface area contributed by atoms with Crippen molar-refractivity contribution in [1.82, 2.24) is 29.9 Å². The van der Waals surface area contributed by atoms with Crippen LogP contribution in [-0.2, 0) is 20.0 Å². The van der Waals surface area contributed by atoms with E-state index in [9.17, 15) is 0 Å². The zero-order chi connectivity index (χ0) is 21.9. The fourth-order valence-electron chi connectivity index (χ4n) is 4.44. The Bertz CT molecular complexity index is 1050. The first kappa shape index (κ1) is 20.9. The molecule has 5 rings (SSSR count). The summed E-state index contributed by atoms with van der Waals surface area (Å²) >= 11 is 0. The minimum absolute atomic E-state index is 0.277. The standard InChI is InChI=1S/C23H31N7O2/c1-15-20(31-17-9-4-3-5-10-17)14-24-22(27-15)18-12-26-30(2)19(18)13-25-23-28-21(32-29-23)11-16-7-6-8-16/h12,14,16-17H,3-11,13H2,1-2H3,(H,25,29). The van der Waals surface area contributed by atoms with Gasteiger partial charge in [0.2, 0.25) is 5.89 Å². The van der Waals surface area contributed by atoms with Gasteiger partial charge < -0.3 is 14.6 Å². The number of nitrogens with zero attached hydrogens (tertiary/aromatic N) is 6. The molecular formula is C23H31N7O2. The summed E-state index contributed by atoms with van der Waals surface area (Å²) in [6, 6.07) is 0. The van der Waals surface area contributed by atoms with E-state index in [-0.39, 0.29) is 6.10 Å². The molecule has 2 fully saturated rings. The van der Waals surface area contributed by atoms with Crippen molar-refractivity contribution in [3.63, 3.8) is 0 Å². The highest BCUT2D eigenvalue weighted by Crippen LogP contribution is 2.30. The van der Waals surface area contributed by atoms with E-state index < -0.39 is 0 Å². The molecule has 32 heavy (non-hydrogen) atoms. The summed E-state index contributed by atoms with van der Waals surface area (Å²) in [4.78, 5) is 13.8. The highest BCUT2D eigenvalue weighted by atomic mass is 16.5. The lowest BCUT2D eigenvalue weighted by atomic mass is 9.83. The molecule has 170 valence electrons. The van der Waals surface area contributed by atoms with Crippen molar-refractivity contribution in [2.24, 2.45) is 13.0 Å². The van der Waals surface area contributed by atoms with Crippen LogP contribution in [0.4, 0.5) is 5.95 Å². The summed E-state index contributed by atoms with van der Waals surface area (Å²) in [6.07, 6.45) is 14.5. The number of rotatable bonds is 8. The molecule has 2 saturated carbocycles. The van der Waals surface area contributed by atoms with Gasteiger partial charge in [0.25, 0.3) is 5.95 Å². The van der Waals surface area contributed by atoms with Crippen molar-refractivity contribution < 1.29 is 9.26 Å². The Labute approximate surface area is 188 Å². The van der Waals surface area contributed by atoms with E-state index in [1.165, 1.54) is 38.5 Å². The first-order valence-corrected chi connectivity index (χ1v) is 11.7. The average Bonchev–Trinajstić information content (AvgIpc) is 3.37. The molecule has 2 aliphatic carbocycles. The fourth-order valence-corrected chi connectivity index (χ4v) is 4.44. The van der Waals surface area contributed by atoms with Gasteiger partial charge in [-0.3, -0.25) is 4.68 Å². The van der Waals surface area contributed by atoms with Gasteiger partial charge in [0, 0.05) is 13.5 Å². The van der Waals surface area contributed by atoms with Crippen LogP contribution < -0.4 is 10.1 Å². The average molecular weight is 438 g/mol. The Hall–Kier alpha value is -2.97. The normalized spacial score (nSPS) is 17.3. The van der Waals surface area contributed by atoms with Crippen molar-refractivity contribution in [2.45, 2.75) is 77.4 Å². The second-order valence-electron chi connectivity index (χ2n) is 9.02. The highest BCUT2D eigenvalue weighted by molar-refractivity contribution is 5.58. The maximum atomic E-state index is 6.17. The molecule has 0 unspecified atom stereocenters. The van der Waals surface area contributed by atoms with Crippen LogP contribution in [0, 0.1) is 12.8 Å². The zero-order valence-corrected chi connectivity index (χ0v) is 18.9. The summed E-state index contributed by atoms with van der Waals surface area (Å²) in [5, 5.41) is 11.7. The van der Waals surface area contributed by atoms with Crippen LogP contribution in [0.15, 0.2) is 16.9 Å². The Morgan fingerprint density at radius 2 is 1.94 bits per heavy atom. The molecule has 0 bridgehead atoms. The largest absolute Gasteiger partial charge is 0.487 e. The van der Waals surface area contributed by atoms with Gasteiger partial charge in [0.15, 0.2) is 11.6 Å². The maximum absolute atomic E-state index is 6.17. The van der Waals surface area contributed by atoms with Crippen molar-refractivity contribution >= 4 is 5.95 Å². The predicted octanol–water partition coefficient (Wildman–Crippen LogP) is 4.23. The number of aromatic nitrogens is 6. The minimum Gasteiger partial charge on any atom is -0.487 e. The molecule has 9 nitrogen and oxygen atoms in total. The summed E-state index contributed by atoms with van der Waals surface area (Å²) in [7, 11) is 1.91. The molecule has 9 heteroatoms. The van der Waals surface area contributed by atoms with Gasteiger partial charge in [-0.2, -0.15) is 10.1 Å². The van der Waals surface area contributed by atoms with Gasteiger partial charge in [-0.1, -0.05) is 12.8 Å². The lowest BCUT2D eigenvalue weighted by Crippen LogP contribution is -2.20. The second kappa shape index (κ2) is 9.26. The SMILES string of the molecule is Cc1nc(-c2cnn(C)c2CNc2noc(CC3CCC3)n2)ncc1OC1CCCCC1. The van der Waals surface area contributed by atoms with Gasteiger partial charge in [-0.25, -0.2) is 9.97 Å². The minimum atomic E-state index is 0.277. The number of anilines is 1. The summed E-state index contributed by atoms with van der Waals surface area (Å²) in [5.74, 6) is 3.31. The Balaban J connectivity index is 1.26. The lowest BCUT2D eigenvalue weighted by molar-refractivity contribution is 0.152. The molecule has 3 aromatic rings. The summed E-state index contributed by atoms with van der Waals surface area (Å²) < 4.78 is 13.4. The molecule has 1 N–H and O–H groups in total. The van der Waals surface area contributed by atoms with E-state index >= 15 is 0 Å². The van der Waals surface area contributed by atoms with Crippen LogP contribution in [0.2, 0.25) is 0 Å². The van der Waals surface area contributed by atoms with E-state index in [0.717, 1.165) is 42.0 Å². The summed E-state index contributed by atoms with van der Waals surface area (Å²) in [5.41, 5.74) is 2.68. The maximum Gasteiger partial charge on any atom is 0.263 e. The molecule has 0 radical (unpaired) electrons. The zero-order valence-electron chi connectivity index (χ0n) is 18.9. The number of hydrogen-bond donors (Lipinski definition) is 1. The van der Waals surface area contributed by atoms with E-state index in [4.69, 9.17) is 14.2 Å². The molecule has 0 atom stereocenters. The second-order valence-corrected chi connectivity index (χ2v) is 9.02. The van der Waals surface area contributed by atoms with Gasteiger partial charge in [0.05, 0.1) is 42.0 Å². The number of aryl methyl sites for hydroxylation is 2. The molecule has 2 aliphatic rings. The van der Waals surface area contributed by atoms with Gasteiger partial charge in [0.1, 0.15) is 0 Å². The van der Waals surface area contributed by atoms with Crippen LogP contribution in [0.25, 0.3) is 11.4 Å². The van der Waals surface area contributed by atoms with Crippen LogP contribution in [0.1, 0.15) is 68.6 Å². The highest BCUT2D eigenvalue weighted by Gasteiger charge is 2.22. The molecule has 0 amide bonds. The Morgan fingerprint density at radius 1 is 1.09 bits per heavy atom. The third-order valence-corrected chi connectivity index (χ3v) is 6.65. The molecule has 3 aromatic heterocycles. The van der Waals surface area contributed by atoms with Crippen molar-refractivity contribution in [3.05, 3.63) is 29.7 Å². The first-order valence-electron chi connectivity index (χ1n) is 11.7. The molecule has 0 saturated heterocycles. The molecule has 0 aliphatic heterocycles. The van der Waals surface area contributed by atoms with Crippen LogP contribution in [0.5, 0.6) is 5.75 Å². The van der Waals surface area contributed by atoms with E-state index in [1.807, 2.05) is 18.7 Å². The van der Waals surface area contributed by atoms with Crippen LogP contribution in [-0.4, -0.2) is 36.0 Å². The molecular weight excluding hydrogens is 406 g/mol. The number of ether oxygens (including phenoxy) is 1.